The molecule has 0 saturated heterocycles. The van der Waals surface area contributed by atoms with Gasteiger partial charge in [0, 0.05) is 11.9 Å². The largest absolute Gasteiger partial charge is 0.486 e. The van der Waals surface area contributed by atoms with E-state index >= 15 is 0 Å². The number of benzene rings is 2. The van der Waals surface area contributed by atoms with Gasteiger partial charge >= 0.3 is 0 Å². The lowest BCUT2D eigenvalue weighted by Gasteiger charge is -2.20. The fourth-order valence-corrected chi connectivity index (χ4v) is 4.55. The highest BCUT2D eigenvalue weighted by Crippen LogP contribution is 2.39. The lowest BCUT2D eigenvalue weighted by Crippen LogP contribution is -2.21. The molecule has 0 N–H and O–H groups in total. The first-order valence-electron chi connectivity index (χ1n) is 9.34. The molecule has 8 heteroatoms. The molecule has 150 valence electrons. The summed E-state index contributed by atoms with van der Waals surface area (Å²) in [5.41, 5.74) is 2.15. The van der Waals surface area contributed by atoms with E-state index in [-0.39, 0.29) is 5.56 Å². The lowest BCUT2D eigenvalue weighted by atomic mass is 10.2. The molecule has 0 unspecified atom stereocenters. The van der Waals surface area contributed by atoms with E-state index in [0.717, 1.165) is 5.56 Å². The third-order valence-corrected chi connectivity index (χ3v) is 5.96. The summed E-state index contributed by atoms with van der Waals surface area (Å²) >= 11 is 7.82. The summed E-state index contributed by atoms with van der Waals surface area (Å²) in [4.78, 5) is 22.1. The van der Waals surface area contributed by atoms with Crippen LogP contribution in [0.25, 0.3) is 16.6 Å². The summed E-state index contributed by atoms with van der Waals surface area (Å²) in [6.07, 6.45) is 3.33. The van der Waals surface area contributed by atoms with Crippen molar-refractivity contribution in [2.24, 2.45) is 0 Å². The van der Waals surface area contributed by atoms with Crippen molar-refractivity contribution < 1.29 is 9.47 Å². The fraction of sp³-hybridized carbons (Fsp3) is 0.136. The van der Waals surface area contributed by atoms with Crippen molar-refractivity contribution in [3.63, 3.8) is 0 Å². The minimum Gasteiger partial charge on any atom is -0.486 e. The van der Waals surface area contributed by atoms with E-state index < -0.39 is 0 Å². The van der Waals surface area contributed by atoms with E-state index in [2.05, 4.69) is 4.98 Å². The number of para-hydroxylation sites is 1. The first kappa shape index (κ1) is 19.0. The molecule has 4 aromatic rings. The number of nitrogens with zero attached hydrogens (tertiary/aromatic N) is 3. The van der Waals surface area contributed by atoms with Gasteiger partial charge in [-0.1, -0.05) is 35.5 Å². The highest BCUT2D eigenvalue weighted by Gasteiger charge is 2.18. The van der Waals surface area contributed by atoms with E-state index in [1.165, 1.54) is 11.8 Å². The summed E-state index contributed by atoms with van der Waals surface area (Å²) in [5, 5.41) is 1.66. The summed E-state index contributed by atoms with van der Waals surface area (Å²) < 4.78 is 12.9. The van der Waals surface area contributed by atoms with E-state index in [4.69, 9.17) is 26.1 Å². The highest BCUT2D eigenvalue weighted by molar-refractivity contribution is 7.98. The Kier molecular flexibility index (Phi) is 5.06. The number of halogens is 1. The zero-order valence-corrected chi connectivity index (χ0v) is 17.3. The second-order valence-corrected chi connectivity index (χ2v) is 8.00. The van der Waals surface area contributed by atoms with Gasteiger partial charge in [0.25, 0.3) is 5.56 Å². The maximum absolute atomic E-state index is 13.2. The third-order valence-electron chi connectivity index (χ3n) is 4.67. The molecule has 3 heterocycles. The Balaban J connectivity index is 1.56. The Labute approximate surface area is 181 Å². The predicted molar refractivity (Wildman–Crippen MR) is 117 cm³/mol. The van der Waals surface area contributed by atoms with Crippen LogP contribution in [-0.4, -0.2) is 27.7 Å². The van der Waals surface area contributed by atoms with Gasteiger partial charge in [-0.15, -0.1) is 0 Å². The molecule has 30 heavy (non-hydrogen) atoms. The van der Waals surface area contributed by atoms with Crippen LogP contribution in [0.1, 0.15) is 5.56 Å². The summed E-state index contributed by atoms with van der Waals surface area (Å²) in [5.74, 6) is 1.77. The van der Waals surface area contributed by atoms with Gasteiger partial charge in [0.05, 0.1) is 27.8 Å². The number of ether oxygens (including phenoxy) is 2. The fourth-order valence-electron chi connectivity index (χ4n) is 3.32. The molecule has 0 atom stereocenters. The number of pyridine rings is 1. The predicted octanol–water partition coefficient (Wildman–Crippen LogP) is 4.50. The molecule has 0 aliphatic carbocycles. The molecule has 6 nitrogen and oxygen atoms in total. The van der Waals surface area contributed by atoms with Crippen LogP contribution in [0, 0.1) is 0 Å². The number of fused-ring (bicyclic) bond motifs is 2. The van der Waals surface area contributed by atoms with Crippen LogP contribution in [0.5, 0.6) is 11.5 Å². The zero-order chi connectivity index (χ0) is 20.5. The standard InChI is InChI=1S/C22H16ClN3O3S/c23-17-10-14(11-19-20(17)29-9-8-28-19)13-30-22-25-18-6-2-1-5-16(18)21(27)26(22)15-4-3-7-24-12-15/h1-7,10-12H,8-9,13H2. The van der Waals surface area contributed by atoms with E-state index in [1.807, 2.05) is 36.4 Å². The van der Waals surface area contributed by atoms with Gasteiger partial charge in [0.15, 0.2) is 16.7 Å². The molecule has 0 bridgehead atoms. The van der Waals surface area contributed by atoms with Crippen molar-refractivity contribution in [1.29, 1.82) is 0 Å². The normalized spacial score (nSPS) is 12.8. The van der Waals surface area contributed by atoms with Crippen LogP contribution in [0.3, 0.4) is 0 Å². The summed E-state index contributed by atoms with van der Waals surface area (Å²) in [7, 11) is 0. The number of hydrogen-bond donors (Lipinski definition) is 0. The second-order valence-electron chi connectivity index (χ2n) is 6.65. The molecule has 5 rings (SSSR count). The Morgan fingerprint density at radius 2 is 1.97 bits per heavy atom. The molecule has 0 radical (unpaired) electrons. The average Bonchev–Trinajstić information content (AvgIpc) is 2.78. The maximum atomic E-state index is 13.2. The molecule has 1 aliphatic rings. The molecule has 0 spiro atoms. The SMILES string of the molecule is O=c1c2ccccc2nc(SCc2cc(Cl)c3c(c2)OCCO3)n1-c1cccnc1. The number of hydrogen-bond acceptors (Lipinski definition) is 6. The molecular formula is C22H16ClN3O3S. The average molecular weight is 438 g/mol. The van der Waals surface area contributed by atoms with Crippen molar-refractivity contribution in [2.75, 3.05) is 13.2 Å². The van der Waals surface area contributed by atoms with Gasteiger partial charge in [0.2, 0.25) is 0 Å². The second kappa shape index (κ2) is 8.01. The van der Waals surface area contributed by atoms with E-state index in [1.54, 1.807) is 29.1 Å². The number of aromatic nitrogens is 3. The molecule has 2 aromatic carbocycles. The Hall–Kier alpha value is -3.03. The molecule has 0 fully saturated rings. The lowest BCUT2D eigenvalue weighted by molar-refractivity contribution is 0.171. The van der Waals surface area contributed by atoms with E-state index in [9.17, 15) is 4.79 Å². The Bertz CT molecular complexity index is 1290. The molecular weight excluding hydrogens is 422 g/mol. The number of rotatable bonds is 4. The van der Waals surface area contributed by atoms with Crippen molar-refractivity contribution in [3.8, 4) is 17.2 Å². The molecule has 0 saturated carbocycles. The first-order chi connectivity index (χ1) is 14.7. The maximum Gasteiger partial charge on any atom is 0.266 e. The zero-order valence-electron chi connectivity index (χ0n) is 15.7. The number of thioether (sulfide) groups is 1. The highest BCUT2D eigenvalue weighted by atomic mass is 35.5. The third kappa shape index (κ3) is 3.51. The Morgan fingerprint density at radius 3 is 2.83 bits per heavy atom. The van der Waals surface area contributed by atoms with Crippen molar-refractivity contribution >= 4 is 34.3 Å². The minimum atomic E-state index is -0.128. The molecule has 0 amide bonds. The van der Waals surface area contributed by atoms with Gasteiger partial charge < -0.3 is 9.47 Å². The van der Waals surface area contributed by atoms with Gasteiger partial charge in [-0.3, -0.25) is 14.3 Å². The van der Waals surface area contributed by atoms with Crippen LogP contribution >= 0.6 is 23.4 Å². The Morgan fingerprint density at radius 1 is 1.10 bits per heavy atom. The van der Waals surface area contributed by atoms with Gasteiger partial charge in [0.1, 0.15) is 13.2 Å². The van der Waals surface area contributed by atoms with Crippen molar-refractivity contribution in [2.45, 2.75) is 10.9 Å². The van der Waals surface area contributed by atoms with Gasteiger partial charge in [-0.2, -0.15) is 0 Å². The van der Waals surface area contributed by atoms with Gasteiger partial charge in [-0.05, 0) is 42.0 Å². The topological polar surface area (TPSA) is 66.2 Å². The van der Waals surface area contributed by atoms with Crippen LogP contribution in [0.15, 0.2) is 70.9 Å². The first-order valence-corrected chi connectivity index (χ1v) is 10.7. The van der Waals surface area contributed by atoms with Gasteiger partial charge in [-0.25, -0.2) is 4.98 Å². The van der Waals surface area contributed by atoms with Crippen molar-refractivity contribution in [1.82, 2.24) is 14.5 Å². The molecule has 2 aromatic heterocycles. The summed E-state index contributed by atoms with van der Waals surface area (Å²) in [6.45, 7) is 0.978. The summed E-state index contributed by atoms with van der Waals surface area (Å²) in [6, 6.07) is 14.8. The monoisotopic (exact) mass is 437 g/mol. The van der Waals surface area contributed by atoms with Crippen LogP contribution < -0.4 is 15.0 Å². The quantitative estimate of drug-likeness (QED) is 0.346. The van der Waals surface area contributed by atoms with Crippen LogP contribution in [0.4, 0.5) is 0 Å². The smallest absolute Gasteiger partial charge is 0.266 e. The minimum absolute atomic E-state index is 0.128. The van der Waals surface area contributed by atoms with E-state index in [0.29, 0.717) is 57.2 Å². The van der Waals surface area contributed by atoms with Crippen molar-refractivity contribution in [3.05, 3.63) is 81.9 Å². The molecule has 1 aliphatic heterocycles. The van der Waals surface area contributed by atoms with Crippen LogP contribution in [-0.2, 0) is 5.75 Å². The van der Waals surface area contributed by atoms with Crippen LogP contribution in [0.2, 0.25) is 5.02 Å².